The van der Waals surface area contributed by atoms with E-state index in [0.717, 1.165) is 16.6 Å². The molecule has 0 amide bonds. The van der Waals surface area contributed by atoms with Gasteiger partial charge in [0, 0.05) is 6.08 Å². The van der Waals surface area contributed by atoms with Crippen LogP contribution in [0.1, 0.15) is 11.4 Å². The number of para-hydroxylation sites is 2. The smallest absolute Gasteiger partial charge is 0.166 e. The molecule has 1 heterocycles. The molecule has 22 heavy (non-hydrogen) atoms. The number of nitriles is 1. The fraction of sp³-hybridized carbons (Fsp3) is 0. The summed E-state index contributed by atoms with van der Waals surface area (Å²) in [6.07, 6.45) is 1.43. The second-order valence-corrected chi connectivity index (χ2v) is 5.02. The Morgan fingerprint density at radius 3 is 2.59 bits per heavy atom. The Morgan fingerprint density at radius 2 is 1.86 bits per heavy atom. The Kier molecular flexibility index (Phi) is 3.95. The second-order valence-electron chi connectivity index (χ2n) is 4.61. The number of fused-ring (bicyclic) bond motifs is 1. The first kappa shape index (κ1) is 14.0. The topological polar surface area (TPSA) is 64.5 Å². The lowest BCUT2D eigenvalue weighted by Crippen LogP contribution is -2.22. The van der Waals surface area contributed by atoms with Crippen LogP contribution in [0, 0.1) is 11.3 Å². The van der Waals surface area contributed by atoms with E-state index in [1.807, 2.05) is 60.7 Å². The number of aromatic amines is 1. The summed E-state index contributed by atoms with van der Waals surface area (Å²) in [7, 11) is 0. The molecule has 0 unspecified atom stereocenters. The molecule has 2 N–H and O–H groups in total. The van der Waals surface area contributed by atoms with E-state index in [1.165, 1.54) is 6.08 Å². The lowest BCUT2D eigenvalue weighted by molar-refractivity contribution is 1.22. The standard InChI is InChI=1S/C17H12N4S/c18-11-10-13(12-6-2-1-3-7-12)21-17(22)16-19-14-8-4-5-9-15(14)20-16/h1-10H,(H,19,20)(H,21,22)/b13-10-. The third-order valence-corrected chi connectivity index (χ3v) is 3.44. The molecule has 1 aromatic heterocycles. The first-order valence-corrected chi connectivity index (χ1v) is 7.10. The zero-order valence-corrected chi connectivity index (χ0v) is 12.4. The van der Waals surface area contributed by atoms with Gasteiger partial charge in [0.25, 0.3) is 0 Å². The van der Waals surface area contributed by atoms with Crippen LogP contribution in [0.15, 0.2) is 60.7 Å². The molecule has 0 atom stereocenters. The summed E-state index contributed by atoms with van der Waals surface area (Å²) in [5.41, 5.74) is 3.32. The van der Waals surface area contributed by atoms with Gasteiger partial charge in [0.2, 0.25) is 0 Å². The molecule has 0 bridgehead atoms. The van der Waals surface area contributed by atoms with Crippen LogP contribution in [-0.2, 0) is 0 Å². The van der Waals surface area contributed by atoms with E-state index in [1.54, 1.807) is 0 Å². The predicted molar refractivity (Wildman–Crippen MR) is 91.0 cm³/mol. The fourth-order valence-electron chi connectivity index (χ4n) is 2.12. The minimum Gasteiger partial charge on any atom is -0.342 e. The SMILES string of the molecule is N#C/C=C(\NC(=S)c1nc2ccccc2[nH]1)c1ccccc1. The van der Waals surface area contributed by atoms with Crippen LogP contribution in [0.25, 0.3) is 16.7 Å². The van der Waals surface area contributed by atoms with Crippen molar-refractivity contribution in [3.63, 3.8) is 0 Å². The Hall–Kier alpha value is -2.97. The minimum absolute atomic E-state index is 0.446. The molecular formula is C17H12N4S. The summed E-state index contributed by atoms with van der Waals surface area (Å²) in [6, 6.07) is 19.3. The number of imidazole rings is 1. The van der Waals surface area contributed by atoms with Crippen molar-refractivity contribution in [1.82, 2.24) is 15.3 Å². The van der Waals surface area contributed by atoms with E-state index >= 15 is 0 Å². The molecule has 0 saturated heterocycles. The highest BCUT2D eigenvalue weighted by atomic mass is 32.1. The monoisotopic (exact) mass is 304 g/mol. The van der Waals surface area contributed by atoms with Gasteiger partial charge < -0.3 is 10.3 Å². The highest BCUT2D eigenvalue weighted by Crippen LogP contribution is 2.14. The number of hydrogen-bond donors (Lipinski definition) is 2. The van der Waals surface area contributed by atoms with Gasteiger partial charge >= 0.3 is 0 Å². The van der Waals surface area contributed by atoms with Crippen LogP contribution in [-0.4, -0.2) is 15.0 Å². The summed E-state index contributed by atoms with van der Waals surface area (Å²) >= 11 is 5.40. The van der Waals surface area contributed by atoms with Crippen LogP contribution < -0.4 is 5.32 Å². The Bertz CT molecular complexity index is 855. The third-order valence-electron chi connectivity index (χ3n) is 3.15. The number of nitrogens with one attached hydrogen (secondary N) is 2. The van der Waals surface area contributed by atoms with Crippen LogP contribution in [0.3, 0.4) is 0 Å². The molecule has 0 spiro atoms. The molecule has 0 radical (unpaired) electrons. The fourth-order valence-corrected chi connectivity index (χ4v) is 2.32. The maximum atomic E-state index is 8.96. The van der Waals surface area contributed by atoms with E-state index in [-0.39, 0.29) is 0 Å². The molecule has 106 valence electrons. The highest BCUT2D eigenvalue weighted by Gasteiger charge is 2.10. The zero-order valence-electron chi connectivity index (χ0n) is 11.6. The van der Waals surface area contributed by atoms with E-state index in [4.69, 9.17) is 17.5 Å². The van der Waals surface area contributed by atoms with Crippen molar-refractivity contribution in [2.75, 3.05) is 0 Å². The molecule has 0 aliphatic carbocycles. The van der Waals surface area contributed by atoms with Gasteiger partial charge in [-0.3, -0.25) is 0 Å². The number of H-pyrrole nitrogens is 1. The molecule has 0 saturated carbocycles. The van der Waals surface area contributed by atoms with Crippen molar-refractivity contribution in [1.29, 1.82) is 5.26 Å². The van der Waals surface area contributed by atoms with Crippen LogP contribution in [0.5, 0.6) is 0 Å². The Balaban J connectivity index is 1.89. The van der Waals surface area contributed by atoms with E-state index in [0.29, 0.717) is 16.5 Å². The van der Waals surface area contributed by atoms with Crippen molar-refractivity contribution in [3.8, 4) is 6.07 Å². The first-order chi connectivity index (χ1) is 10.8. The maximum absolute atomic E-state index is 8.96. The number of benzene rings is 2. The van der Waals surface area contributed by atoms with E-state index in [2.05, 4.69) is 15.3 Å². The van der Waals surface area contributed by atoms with Crippen LogP contribution >= 0.6 is 12.2 Å². The van der Waals surface area contributed by atoms with Gasteiger partial charge in [0.1, 0.15) is 4.99 Å². The van der Waals surface area contributed by atoms with Crippen LogP contribution in [0.4, 0.5) is 0 Å². The molecule has 3 aromatic rings. The third kappa shape index (κ3) is 2.87. The average molecular weight is 304 g/mol. The maximum Gasteiger partial charge on any atom is 0.166 e. The number of allylic oxidation sites excluding steroid dienone is 1. The molecule has 0 fully saturated rings. The number of nitrogens with zero attached hydrogens (tertiary/aromatic N) is 2. The second kappa shape index (κ2) is 6.20. The number of rotatable bonds is 3. The summed E-state index contributed by atoms with van der Waals surface area (Å²) in [6.45, 7) is 0. The number of thiocarbonyl (C=S) groups is 1. The van der Waals surface area contributed by atoms with Gasteiger partial charge in [0.15, 0.2) is 5.82 Å². The normalized spacial score (nSPS) is 11.1. The van der Waals surface area contributed by atoms with Crippen molar-refractivity contribution in [3.05, 3.63) is 72.1 Å². The van der Waals surface area contributed by atoms with E-state index in [9.17, 15) is 0 Å². The molecule has 2 aromatic carbocycles. The molecule has 0 aliphatic heterocycles. The van der Waals surface area contributed by atoms with Crippen LogP contribution in [0.2, 0.25) is 0 Å². The van der Waals surface area contributed by atoms with Crippen molar-refractivity contribution < 1.29 is 0 Å². The van der Waals surface area contributed by atoms with Gasteiger partial charge in [-0.25, -0.2) is 4.98 Å². The summed E-state index contributed by atoms with van der Waals surface area (Å²) in [5.74, 6) is 0.580. The lowest BCUT2D eigenvalue weighted by Gasteiger charge is -2.09. The number of aromatic nitrogens is 2. The Morgan fingerprint density at radius 1 is 1.14 bits per heavy atom. The van der Waals surface area contributed by atoms with Gasteiger partial charge in [-0.2, -0.15) is 5.26 Å². The van der Waals surface area contributed by atoms with Crippen molar-refractivity contribution in [2.45, 2.75) is 0 Å². The largest absolute Gasteiger partial charge is 0.342 e. The average Bonchev–Trinajstić information content (AvgIpc) is 2.99. The molecule has 5 heteroatoms. The van der Waals surface area contributed by atoms with Gasteiger partial charge in [-0.1, -0.05) is 54.7 Å². The summed E-state index contributed by atoms with van der Waals surface area (Å²) in [4.78, 5) is 8.07. The van der Waals surface area contributed by atoms with Gasteiger partial charge in [0.05, 0.1) is 22.8 Å². The Labute approximate surface area is 133 Å². The summed E-state index contributed by atoms with van der Waals surface area (Å²) in [5, 5.41) is 12.1. The van der Waals surface area contributed by atoms with Crippen molar-refractivity contribution in [2.24, 2.45) is 0 Å². The first-order valence-electron chi connectivity index (χ1n) is 6.69. The van der Waals surface area contributed by atoms with Gasteiger partial charge in [-0.05, 0) is 17.7 Å². The highest BCUT2D eigenvalue weighted by molar-refractivity contribution is 7.80. The number of hydrogen-bond acceptors (Lipinski definition) is 3. The van der Waals surface area contributed by atoms with E-state index < -0.39 is 0 Å². The molecule has 0 aliphatic rings. The molecular weight excluding hydrogens is 292 g/mol. The van der Waals surface area contributed by atoms with Gasteiger partial charge in [-0.15, -0.1) is 0 Å². The zero-order chi connectivity index (χ0) is 15.4. The predicted octanol–water partition coefficient (Wildman–Crippen LogP) is 3.39. The summed E-state index contributed by atoms with van der Waals surface area (Å²) < 4.78 is 0. The lowest BCUT2D eigenvalue weighted by atomic mass is 10.1. The van der Waals surface area contributed by atoms with Crippen molar-refractivity contribution >= 4 is 33.9 Å². The molecule has 3 rings (SSSR count). The minimum atomic E-state index is 0.446. The quantitative estimate of drug-likeness (QED) is 0.575. The molecule has 4 nitrogen and oxygen atoms in total.